The molecule has 1 fully saturated rings. The summed E-state index contributed by atoms with van der Waals surface area (Å²) in [7, 11) is 0. The number of guanidine groups is 2. The van der Waals surface area contributed by atoms with E-state index in [-0.39, 0.29) is 54.7 Å². The number of nitrogens with one attached hydrogen (secondary N) is 2. The Morgan fingerprint density at radius 2 is 1.85 bits per heavy atom. The predicted octanol–water partition coefficient (Wildman–Crippen LogP) is -2.76. The largest absolute Gasteiger partial charge is 0.370 e. The fourth-order valence-electron chi connectivity index (χ4n) is 3.29. The van der Waals surface area contributed by atoms with E-state index in [9.17, 15) is 19.2 Å². The molecule has 0 aromatic carbocycles. The van der Waals surface area contributed by atoms with Gasteiger partial charge < -0.3 is 38.5 Å². The van der Waals surface area contributed by atoms with Crippen molar-refractivity contribution in [2.75, 3.05) is 26.2 Å². The molecule has 15 heteroatoms. The van der Waals surface area contributed by atoms with Crippen LogP contribution >= 0.6 is 11.3 Å². The molecule has 2 atom stereocenters. The third-order valence-corrected chi connectivity index (χ3v) is 5.59. The Kier molecular flexibility index (Phi) is 10.2. The fourth-order valence-corrected chi connectivity index (χ4v) is 3.92. The number of rotatable bonds is 13. The van der Waals surface area contributed by atoms with Gasteiger partial charge in [-0.15, -0.1) is 11.3 Å². The number of aliphatic imine (C=N–C) groups is 2. The first-order chi connectivity index (χ1) is 16.2. The van der Waals surface area contributed by atoms with Crippen molar-refractivity contribution in [3.05, 3.63) is 16.6 Å². The molecule has 0 bridgehead atoms. The van der Waals surface area contributed by atoms with Gasteiger partial charge in [0.15, 0.2) is 16.9 Å². The highest BCUT2D eigenvalue weighted by Crippen LogP contribution is 2.12. The minimum absolute atomic E-state index is 0.0579. The summed E-state index contributed by atoms with van der Waals surface area (Å²) in [6.07, 6.45) is 2.98. The van der Waals surface area contributed by atoms with Gasteiger partial charge in [0.25, 0.3) is 0 Å². The zero-order valence-electron chi connectivity index (χ0n) is 18.6. The minimum Gasteiger partial charge on any atom is -0.370 e. The lowest BCUT2D eigenvalue weighted by atomic mass is 10.1. The van der Waals surface area contributed by atoms with E-state index in [1.165, 1.54) is 6.20 Å². The molecule has 2 rings (SSSR count). The van der Waals surface area contributed by atoms with E-state index in [1.54, 1.807) is 5.38 Å². The Labute approximate surface area is 200 Å². The molecule has 0 radical (unpaired) electrons. The van der Waals surface area contributed by atoms with E-state index in [0.717, 1.165) is 16.2 Å². The molecule has 10 N–H and O–H groups in total. The maximum absolute atomic E-state index is 12.8. The number of aromatic nitrogens is 1. The first kappa shape index (κ1) is 26.5. The van der Waals surface area contributed by atoms with E-state index in [4.69, 9.17) is 22.9 Å². The van der Waals surface area contributed by atoms with Crippen molar-refractivity contribution >= 4 is 46.8 Å². The molecule has 1 saturated heterocycles. The number of piperazine rings is 1. The number of carbonyl (C=O) groups excluding carboxylic acids is 4. The van der Waals surface area contributed by atoms with Crippen molar-refractivity contribution in [3.8, 4) is 0 Å². The van der Waals surface area contributed by atoms with Gasteiger partial charge in [0, 0.05) is 24.7 Å². The van der Waals surface area contributed by atoms with Crippen LogP contribution in [0.15, 0.2) is 21.6 Å². The van der Waals surface area contributed by atoms with Gasteiger partial charge in [0.1, 0.15) is 19.1 Å². The van der Waals surface area contributed by atoms with Crippen LogP contribution in [0.2, 0.25) is 0 Å². The highest BCUT2D eigenvalue weighted by atomic mass is 32.1. The number of ketones is 1. The molecule has 1 unspecified atom stereocenters. The van der Waals surface area contributed by atoms with Gasteiger partial charge in [-0.3, -0.25) is 29.2 Å². The molecule has 2 heterocycles. The van der Waals surface area contributed by atoms with Crippen molar-refractivity contribution < 1.29 is 19.2 Å². The summed E-state index contributed by atoms with van der Waals surface area (Å²) in [5.74, 6) is -1.83. The summed E-state index contributed by atoms with van der Waals surface area (Å²) >= 11 is 1.16. The van der Waals surface area contributed by atoms with Crippen LogP contribution in [0.25, 0.3) is 0 Å². The first-order valence-electron chi connectivity index (χ1n) is 10.6. The maximum Gasteiger partial charge on any atom is 0.246 e. The molecule has 3 amide bonds. The van der Waals surface area contributed by atoms with Gasteiger partial charge in [-0.05, 0) is 25.7 Å². The molecular weight excluding hydrogens is 464 g/mol. The monoisotopic (exact) mass is 494 g/mol. The molecule has 1 aromatic heterocycles. The van der Waals surface area contributed by atoms with Crippen LogP contribution in [0.5, 0.6) is 0 Å². The molecule has 0 saturated carbocycles. The SMILES string of the molecule is NC(N)=NCCCC1NC(=O)CN(CC(=O)N[C@@H](CCCN=C(N)N)C(=O)c2nccs2)C1=O. The molecule has 1 aromatic rings. The van der Waals surface area contributed by atoms with Crippen LogP contribution in [-0.4, -0.2) is 83.6 Å². The number of nitrogens with two attached hydrogens (primary N) is 4. The Morgan fingerprint density at radius 3 is 2.47 bits per heavy atom. The van der Waals surface area contributed by atoms with Crippen molar-refractivity contribution in [3.63, 3.8) is 0 Å². The van der Waals surface area contributed by atoms with Crippen LogP contribution in [0.1, 0.15) is 35.5 Å². The van der Waals surface area contributed by atoms with Crippen LogP contribution in [0.3, 0.4) is 0 Å². The quantitative estimate of drug-likeness (QED) is 0.0719. The van der Waals surface area contributed by atoms with E-state index in [1.807, 2.05) is 0 Å². The third kappa shape index (κ3) is 8.65. The second kappa shape index (κ2) is 13.1. The highest BCUT2D eigenvalue weighted by Gasteiger charge is 2.34. The van der Waals surface area contributed by atoms with E-state index in [2.05, 4.69) is 25.6 Å². The number of hydrogen-bond acceptors (Lipinski definition) is 8. The van der Waals surface area contributed by atoms with E-state index < -0.39 is 23.9 Å². The minimum atomic E-state index is -0.878. The Morgan fingerprint density at radius 1 is 1.18 bits per heavy atom. The summed E-state index contributed by atoms with van der Waals surface area (Å²) in [5.41, 5.74) is 21.2. The van der Waals surface area contributed by atoms with Gasteiger partial charge in [-0.25, -0.2) is 4.98 Å². The number of Topliss-reactive ketones (excluding diaryl/α,β-unsaturated/α-hetero) is 1. The van der Waals surface area contributed by atoms with Crippen LogP contribution < -0.4 is 33.6 Å². The second-order valence-corrected chi connectivity index (χ2v) is 8.43. The second-order valence-electron chi connectivity index (χ2n) is 7.53. The molecule has 34 heavy (non-hydrogen) atoms. The standard InChI is InChI=1S/C19H30N10O4S/c20-18(21)25-5-1-3-11(15(32)16-24-7-8-34-16)27-13(30)9-29-10-14(31)28-12(17(29)33)4-2-6-26-19(22)23/h7-8,11-12H,1-6,9-10H2,(H,27,30)(H,28,31)(H4,20,21,25)(H4,22,23,26)/t11-,12?/m0/s1. The fraction of sp³-hybridized carbons (Fsp3) is 0.526. The number of nitrogens with zero attached hydrogens (tertiary/aromatic N) is 4. The first-order valence-corrected chi connectivity index (χ1v) is 11.5. The van der Waals surface area contributed by atoms with Gasteiger partial charge in [-0.2, -0.15) is 0 Å². The van der Waals surface area contributed by atoms with Gasteiger partial charge in [-0.1, -0.05) is 0 Å². The number of hydrogen-bond donors (Lipinski definition) is 6. The van der Waals surface area contributed by atoms with Gasteiger partial charge in [0.05, 0.1) is 6.04 Å². The van der Waals surface area contributed by atoms with Gasteiger partial charge in [0.2, 0.25) is 23.5 Å². The zero-order chi connectivity index (χ0) is 25.1. The van der Waals surface area contributed by atoms with Crippen molar-refractivity contribution in [1.82, 2.24) is 20.5 Å². The van der Waals surface area contributed by atoms with Crippen LogP contribution in [0, 0.1) is 0 Å². The zero-order valence-corrected chi connectivity index (χ0v) is 19.4. The molecular formula is C19H30N10O4S. The summed E-state index contributed by atoms with van der Waals surface area (Å²) < 4.78 is 0. The number of amides is 3. The molecule has 0 aliphatic carbocycles. The number of thiazole rings is 1. The maximum atomic E-state index is 12.8. The summed E-state index contributed by atoms with van der Waals surface area (Å²) in [6, 6.07) is -1.66. The average Bonchev–Trinajstić information content (AvgIpc) is 3.30. The smallest absolute Gasteiger partial charge is 0.246 e. The molecule has 14 nitrogen and oxygen atoms in total. The molecule has 186 valence electrons. The van der Waals surface area contributed by atoms with Crippen molar-refractivity contribution in [1.29, 1.82) is 0 Å². The molecule has 1 aliphatic heterocycles. The summed E-state index contributed by atoms with van der Waals surface area (Å²) in [4.78, 5) is 63.2. The highest BCUT2D eigenvalue weighted by molar-refractivity contribution is 7.11. The summed E-state index contributed by atoms with van der Waals surface area (Å²) in [6.45, 7) is -0.0342. The lowest BCUT2D eigenvalue weighted by Crippen LogP contribution is -2.60. The van der Waals surface area contributed by atoms with E-state index in [0.29, 0.717) is 25.8 Å². The van der Waals surface area contributed by atoms with Gasteiger partial charge >= 0.3 is 0 Å². The average molecular weight is 495 g/mol. The Bertz CT molecular complexity index is 926. The lowest BCUT2D eigenvalue weighted by Gasteiger charge is -2.32. The van der Waals surface area contributed by atoms with Crippen molar-refractivity contribution in [2.45, 2.75) is 37.8 Å². The third-order valence-electron chi connectivity index (χ3n) is 4.80. The van der Waals surface area contributed by atoms with Crippen LogP contribution in [-0.2, 0) is 14.4 Å². The van der Waals surface area contributed by atoms with Crippen molar-refractivity contribution in [2.24, 2.45) is 32.9 Å². The molecule has 0 spiro atoms. The summed E-state index contributed by atoms with van der Waals surface area (Å²) in [5, 5.41) is 7.17. The Hall–Kier alpha value is -3.75. The predicted molar refractivity (Wildman–Crippen MR) is 127 cm³/mol. The topological polar surface area (TPSA) is 237 Å². The van der Waals surface area contributed by atoms with Crippen LogP contribution in [0.4, 0.5) is 0 Å². The lowest BCUT2D eigenvalue weighted by molar-refractivity contribution is -0.146. The molecule has 1 aliphatic rings. The normalized spacial score (nSPS) is 16.4. The number of carbonyl (C=O) groups is 4. The van der Waals surface area contributed by atoms with E-state index >= 15 is 0 Å². The Balaban J connectivity index is 1.98.